The predicted octanol–water partition coefficient (Wildman–Crippen LogP) is 4.30. The maximum absolute atomic E-state index is 12.4. The summed E-state index contributed by atoms with van der Waals surface area (Å²) in [4.78, 5) is 24.5. The molecule has 0 saturated carbocycles. The second-order valence-corrected chi connectivity index (χ2v) is 6.12. The first-order chi connectivity index (χ1) is 13.1. The van der Waals surface area contributed by atoms with E-state index in [2.05, 4.69) is 16.0 Å². The van der Waals surface area contributed by atoms with Gasteiger partial charge in [0.05, 0.1) is 6.54 Å². The van der Waals surface area contributed by atoms with E-state index in [0.29, 0.717) is 5.56 Å². The van der Waals surface area contributed by atoms with Gasteiger partial charge in [0, 0.05) is 22.6 Å². The maximum Gasteiger partial charge on any atom is 0.255 e. The van der Waals surface area contributed by atoms with E-state index in [4.69, 9.17) is 0 Å². The van der Waals surface area contributed by atoms with E-state index in [-0.39, 0.29) is 18.4 Å². The fourth-order valence-corrected chi connectivity index (χ4v) is 2.58. The minimum atomic E-state index is -0.196. The van der Waals surface area contributed by atoms with Crippen LogP contribution in [-0.2, 0) is 4.79 Å². The molecule has 0 unspecified atom stereocenters. The number of amides is 2. The molecule has 3 N–H and O–H groups in total. The summed E-state index contributed by atoms with van der Waals surface area (Å²) >= 11 is 0. The molecule has 3 aromatic rings. The lowest BCUT2D eigenvalue weighted by molar-refractivity contribution is -0.114. The van der Waals surface area contributed by atoms with Crippen LogP contribution < -0.4 is 16.0 Å². The molecule has 3 rings (SSSR count). The van der Waals surface area contributed by atoms with Gasteiger partial charge in [0.2, 0.25) is 5.91 Å². The minimum Gasteiger partial charge on any atom is -0.376 e. The van der Waals surface area contributed by atoms with Gasteiger partial charge in [-0.3, -0.25) is 9.59 Å². The molecule has 136 valence electrons. The fraction of sp³-hybridized carbons (Fsp3) is 0.0909. The molecule has 0 atom stereocenters. The van der Waals surface area contributed by atoms with E-state index in [1.54, 1.807) is 12.1 Å². The Bertz CT molecular complexity index is 925. The summed E-state index contributed by atoms with van der Waals surface area (Å²) in [5, 5.41) is 8.78. The Kier molecular flexibility index (Phi) is 5.84. The average Bonchev–Trinajstić information content (AvgIpc) is 2.69. The van der Waals surface area contributed by atoms with Crippen LogP contribution in [0.2, 0.25) is 0 Å². The molecular weight excluding hydrogens is 338 g/mol. The normalized spacial score (nSPS) is 10.1. The van der Waals surface area contributed by atoms with Crippen LogP contribution in [0.15, 0.2) is 78.9 Å². The van der Waals surface area contributed by atoms with Gasteiger partial charge < -0.3 is 16.0 Å². The highest BCUT2D eigenvalue weighted by molar-refractivity contribution is 6.05. The third-order valence-electron chi connectivity index (χ3n) is 4.03. The van der Waals surface area contributed by atoms with Gasteiger partial charge in [-0.1, -0.05) is 42.5 Å². The molecule has 0 aliphatic heterocycles. The van der Waals surface area contributed by atoms with Crippen LogP contribution in [0.3, 0.4) is 0 Å². The smallest absolute Gasteiger partial charge is 0.255 e. The van der Waals surface area contributed by atoms with Crippen molar-refractivity contribution in [3.05, 3.63) is 90.0 Å². The number of nitrogens with one attached hydrogen (secondary N) is 3. The molecule has 0 radical (unpaired) electrons. The van der Waals surface area contributed by atoms with Crippen LogP contribution in [0.5, 0.6) is 0 Å². The van der Waals surface area contributed by atoms with E-state index in [1.165, 1.54) is 0 Å². The first kappa shape index (κ1) is 18.2. The molecule has 0 bridgehead atoms. The Morgan fingerprint density at radius 1 is 0.778 bits per heavy atom. The highest BCUT2D eigenvalue weighted by Gasteiger charge is 2.10. The highest BCUT2D eigenvalue weighted by Crippen LogP contribution is 2.18. The quantitative estimate of drug-likeness (QED) is 0.615. The van der Waals surface area contributed by atoms with Crippen molar-refractivity contribution in [1.29, 1.82) is 0 Å². The van der Waals surface area contributed by atoms with Crippen LogP contribution >= 0.6 is 0 Å². The van der Waals surface area contributed by atoms with E-state index in [1.807, 2.05) is 73.7 Å². The van der Waals surface area contributed by atoms with Crippen molar-refractivity contribution in [2.24, 2.45) is 0 Å². The van der Waals surface area contributed by atoms with Crippen LogP contribution in [0.25, 0.3) is 0 Å². The molecule has 0 aliphatic carbocycles. The molecule has 5 nitrogen and oxygen atoms in total. The van der Waals surface area contributed by atoms with Crippen molar-refractivity contribution in [2.45, 2.75) is 6.92 Å². The molecule has 0 spiro atoms. The zero-order chi connectivity index (χ0) is 19.1. The zero-order valence-electron chi connectivity index (χ0n) is 15.0. The van der Waals surface area contributed by atoms with Crippen molar-refractivity contribution in [2.75, 3.05) is 22.5 Å². The molecule has 0 aromatic heterocycles. The van der Waals surface area contributed by atoms with Crippen molar-refractivity contribution in [1.82, 2.24) is 0 Å². The Morgan fingerprint density at radius 2 is 1.37 bits per heavy atom. The minimum absolute atomic E-state index is 0.111. The second kappa shape index (κ2) is 8.67. The van der Waals surface area contributed by atoms with Crippen molar-refractivity contribution in [3.8, 4) is 0 Å². The van der Waals surface area contributed by atoms with Gasteiger partial charge in [-0.15, -0.1) is 0 Å². The standard InChI is InChI=1S/C22H21N3O2/c1-16-12-13-17(22(27)25-19-10-6-3-7-11-19)14-20(16)23-15-21(26)24-18-8-4-2-5-9-18/h2-14,23H,15H2,1H3,(H,24,26)(H,25,27). The summed E-state index contributed by atoms with van der Waals surface area (Å²) in [6, 6.07) is 23.9. The Hall–Kier alpha value is -3.60. The van der Waals surface area contributed by atoms with Crippen LogP contribution in [0.4, 0.5) is 17.1 Å². The lowest BCUT2D eigenvalue weighted by atomic mass is 10.1. The van der Waals surface area contributed by atoms with Crippen LogP contribution in [0, 0.1) is 6.92 Å². The van der Waals surface area contributed by atoms with Crippen LogP contribution in [0.1, 0.15) is 15.9 Å². The monoisotopic (exact) mass is 359 g/mol. The number of anilines is 3. The van der Waals surface area contributed by atoms with Crippen molar-refractivity contribution >= 4 is 28.9 Å². The van der Waals surface area contributed by atoms with Gasteiger partial charge in [-0.25, -0.2) is 0 Å². The Balaban J connectivity index is 1.63. The lowest BCUT2D eigenvalue weighted by Crippen LogP contribution is -2.22. The number of hydrogen-bond donors (Lipinski definition) is 3. The molecule has 2 amide bonds. The Labute approximate surface area is 158 Å². The van der Waals surface area contributed by atoms with E-state index < -0.39 is 0 Å². The van der Waals surface area contributed by atoms with Crippen molar-refractivity contribution < 1.29 is 9.59 Å². The first-order valence-electron chi connectivity index (χ1n) is 8.67. The summed E-state index contributed by atoms with van der Waals surface area (Å²) in [7, 11) is 0. The van der Waals surface area contributed by atoms with Gasteiger partial charge in [0.15, 0.2) is 0 Å². The summed E-state index contributed by atoms with van der Waals surface area (Å²) in [5.74, 6) is -0.349. The van der Waals surface area contributed by atoms with E-state index in [0.717, 1.165) is 22.6 Å². The Morgan fingerprint density at radius 3 is 2.00 bits per heavy atom. The SMILES string of the molecule is Cc1ccc(C(=O)Nc2ccccc2)cc1NCC(=O)Nc1ccccc1. The summed E-state index contributed by atoms with van der Waals surface area (Å²) in [5.41, 5.74) is 3.71. The number of carbonyl (C=O) groups excluding carboxylic acids is 2. The number of para-hydroxylation sites is 2. The number of aryl methyl sites for hydroxylation is 1. The fourth-order valence-electron chi connectivity index (χ4n) is 2.58. The highest BCUT2D eigenvalue weighted by atomic mass is 16.2. The maximum atomic E-state index is 12.4. The predicted molar refractivity (Wildman–Crippen MR) is 109 cm³/mol. The summed E-state index contributed by atoms with van der Waals surface area (Å²) in [6.07, 6.45) is 0. The lowest BCUT2D eigenvalue weighted by Gasteiger charge is -2.12. The van der Waals surface area contributed by atoms with Crippen molar-refractivity contribution in [3.63, 3.8) is 0 Å². The van der Waals surface area contributed by atoms with Gasteiger partial charge >= 0.3 is 0 Å². The molecule has 0 saturated heterocycles. The first-order valence-corrected chi connectivity index (χ1v) is 8.67. The molecule has 5 heteroatoms. The van der Waals surface area contributed by atoms with E-state index in [9.17, 15) is 9.59 Å². The van der Waals surface area contributed by atoms with Gasteiger partial charge in [0.25, 0.3) is 5.91 Å². The number of hydrogen-bond acceptors (Lipinski definition) is 3. The second-order valence-electron chi connectivity index (χ2n) is 6.12. The number of benzene rings is 3. The molecule has 3 aromatic carbocycles. The van der Waals surface area contributed by atoms with Crippen LogP contribution in [-0.4, -0.2) is 18.4 Å². The summed E-state index contributed by atoms with van der Waals surface area (Å²) in [6.45, 7) is 2.04. The van der Waals surface area contributed by atoms with E-state index >= 15 is 0 Å². The largest absolute Gasteiger partial charge is 0.376 e. The molecular formula is C22H21N3O2. The van der Waals surface area contributed by atoms with Gasteiger partial charge in [-0.2, -0.15) is 0 Å². The molecule has 0 heterocycles. The number of rotatable bonds is 6. The molecule has 27 heavy (non-hydrogen) atoms. The molecule has 0 aliphatic rings. The molecule has 0 fully saturated rings. The zero-order valence-corrected chi connectivity index (χ0v) is 15.0. The topological polar surface area (TPSA) is 70.2 Å². The third-order valence-corrected chi connectivity index (χ3v) is 4.03. The van der Waals surface area contributed by atoms with Gasteiger partial charge in [-0.05, 0) is 48.9 Å². The summed E-state index contributed by atoms with van der Waals surface area (Å²) < 4.78 is 0. The third kappa shape index (κ3) is 5.19. The number of carbonyl (C=O) groups is 2. The van der Waals surface area contributed by atoms with Gasteiger partial charge in [0.1, 0.15) is 0 Å². The average molecular weight is 359 g/mol.